The lowest BCUT2D eigenvalue weighted by Crippen LogP contribution is -2.24. The number of halogens is 2. The Morgan fingerprint density at radius 1 is 1.56 bits per heavy atom. The Balaban J connectivity index is 2.44. The van der Waals surface area contributed by atoms with E-state index >= 15 is 0 Å². The van der Waals surface area contributed by atoms with Crippen molar-refractivity contribution >= 4 is 33.5 Å². The van der Waals surface area contributed by atoms with E-state index in [0.29, 0.717) is 30.9 Å². The predicted octanol–water partition coefficient (Wildman–Crippen LogP) is 3.32. The highest BCUT2D eigenvalue weighted by atomic mass is 79.9. The van der Waals surface area contributed by atoms with E-state index < -0.39 is 0 Å². The summed E-state index contributed by atoms with van der Waals surface area (Å²) in [5.74, 6) is -0.199. The van der Waals surface area contributed by atoms with Crippen molar-refractivity contribution in [3.8, 4) is 0 Å². The molecule has 1 aromatic rings. The van der Waals surface area contributed by atoms with Gasteiger partial charge in [-0.25, -0.2) is 0 Å². The molecule has 1 unspecified atom stereocenters. The minimum absolute atomic E-state index is 0.0897. The van der Waals surface area contributed by atoms with Crippen LogP contribution in [0.15, 0.2) is 22.7 Å². The summed E-state index contributed by atoms with van der Waals surface area (Å²) in [7, 11) is 0. The molecule has 0 aliphatic carbocycles. The van der Waals surface area contributed by atoms with Crippen molar-refractivity contribution in [3.05, 3.63) is 33.3 Å². The minimum Gasteiger partial charge on any atom is -0.466 e. The van der Waals surface area contributed by atoms with Crippen LogP contribution in [0, 0.1) is 0 Å². The summed E-state index contributed by atoms with van der Waals surface area (Å²) < 4.78 is 5.80. The molecule has 2 N–H and O–H groups in total. The highest BCUT2D eigenvalue weighted by molar-refractivity contribution is 9.10. The van der Waals surface area contributed by atoms with Gasteiger partial charge >= 0.3 is 5.97 Å². The van der Waals surface area contributed by atoms with Crippen LogP contribution < -0.4 is 5.73 Å². The van der Waals surface area contributed by atoms with Crippen LogP contribution in [-0.4, -0.2) is 18.6 Å². The minimum atomic E-state index is -0.199. The van der Waals surface area contributed by atoms with Crippen LogP contribution in [0.5, 0.6) is 0 Å². The molecule has 0 aromatic heterocycles. The molecule has 0 aliphatic rings. The maximum absolute atomic E-state index is 11.2. The molecular formula is C13H17BrClNO2. The lowest BCUT2D eigenvalue weighted by molar-refractivity contribution is -0.143. The number of benzene rings is 1. The van der Waals surface area contributed by atoms with Gasteiger partial charge in [-0.05, 0) is 37.5 Å². The topological polar surface area (TPSA) is 52.3 Å². The molecule has 0 heterocycles. The summed E-state index contributed by atoms with van der Waals surface area (Å²) in [6.07, 6.45) is 1.61. The van der Waals surface area contributed by atoms with Gasteiger partial charge in [0.05, 0.1) is 6.61 Å². The number of carbonyl (C=O) groups is 1. The van der Waals surface area contributed by atoms with Gasteiger partial charge in [0.2, 0.25) is 0 Å². The van der Waals surface area contributed by atoms with Gasteiger partial charge in [-0.15, -0.1) is 0 Å². The van der Waals surface area contributed by atoms with E-state index in [2.05, 4.69) is 15.9 Å². The zero-order valence-electron chi connectivity index (χ0n) is 10.3. The molecule has 0 aliphatic heterocycles. The molecule has 0 spiro atoms. The summed E-state index contributed by atoms with van der Waals surface area (Å²) in [5, 5.41) is 0.691. The monoisotopic (exact) mass is 333 g/mol. The molecule has 0 saturated heterocycles. The number of rotatable bonds is 6. The second-order valence-electron chi connectivity index (χ2n) is 4.04. The third kappa shape index (κ3) is 5.38. The standard InChI is InChI=1S/C13H17BrClNO2/c1-2-18-13(17)6-5-11(16)7-9-3-4-10(14)8-12(9)15/h3-4,8,11H,2,5-7,16H2,1H3. The molecule has 0 bridgehead atoms. The number of hydrogen-bond donors (Lipinski definition) is 1. The number of hydrogen-bond acceptors (Lipinski definition) is 3. The molecule has 0 radical (unpaired) electrons. The van der Waals surface area contributed by atoms with Crippen molar-refractivity contribution in [2.24, 2.45) is 5.73 Å². The highest BCUT2D eigenvalue weighted by Gasteiger charge is 2.10. The molecule has 100 valence electrons. The predicted molar refractivity (Wildman–Crippen MR) is 76.7 cm³/mol. The van der Waals surface area contributed by atoms with Crippen LogP contribution in [0.1, 0.15) is 25.3 Å². The fourth-order valence-corrected chi connectivity index (χ4v) is 2.36. The third-order valence-electron chi connectivity index (χ3n) is 2.52. The normalized spacial score (nSPS) is 12.2. The van der Waals surface area contributed by atoms with Gasteiger partial charge in [-0.3, -0.25) is 4.79 Å². The van der Waals surface area contributed by atoms with Crippen LogP contribution in [0.2, 0.25) is 5.02 Å². The van der Waals surface area contributed by atoms with E-state index in [9.17, 15) is 4.79 Å². The summed E-state index contributed by atoms with van der Waals surface area (Å²) >= 11 is 9.46. The van der Waals surface area contributed by atoms with Crippen molar-refractivity contribution in [1.82, 2.24) is 0 Å². The van der Waals surface area contributed by atoms with Gasteiger partial charge in [0.15, 0.2) is 0 Å². The first-order valence-corrected chi connectivity index (χ1v) is 7.05. The second kappa shape index (κ2) is 7.77. The molecule has 0 fully saturated rings. The second-order valence-corrected chi connectivity index (χ2v) is 5.37. The first kappa shape index (κ1) is 15.5. The highest BCUT2D eigenvalue weighted by Crippen LogP contribution is 2.22. The van der Waals surface area contributed by atoms with Crippen LogP contribution in [0.4, 0.5) is 0 Å². The fraction of sp³-hybridized carbons (Fsp3) is 0.462. The first-order valence-electron chi connectivity index (χ1n) is 5.88. The smallest absolute Gasteiger partial charge is 0.305 e. The van der Waals surface area contributed by atoms with E-state index in [1.54, 1.807) is 6.92 Å². The molecule has 5 heteroatoms. The lowest BCUT2D eigenvalue weighted by Gasteiger charge is -2.12. The van der Waals surface area contributed by atoms with Crippen molar-refractivity contribution in [1.29, 1.82) is 0 Å². The van der Waals surface area contributed by atoms with Crippen LogP contribution in [-0.2, 0) is 16.0 Å². The number of nitrogens with two attached hydrogens (primary N) is 1. The third-order valence-corrected chi connectivity index (χ3v) is 3.37. The average Bonchev–Trinajstić information content (AvgIpc) is 2.31. The van der Waals surface area contributed by atoms with Crippen LogP contribution >= 0.6 is 27.5 Å². The van der Waals surface area contributed by atoms with E-state index in [4.69, 9.17) is 22.1 Å². The first-order chi connectivity index (χ1) is 8.52. The molecule has 1 rings (SSSR count). The van der Waals surface area contributed by atoms with Crippen molar-refractivity contribution in [2.45, 2.75) is 32.2 Å². The zero-order valence-corrected chi connectivity index (χ0v) is 12.6. The van der Waals surface area contributed by atoms with E-state index in [-0.39, 0.29) is 12.0 Å². The molecule has 18 heavy (non-hydrogen) atoms. The quantitative estimate of drug-likeness (QED) is 0.812. The summed E-state index contributed by atoms with van der Waals surface area (Å²) in [6.45, 7) is 2.20. The molecule has 1 atom stereocenters. The maximum atomic E-state index is 11.2. The Morgan fingerprint density at radius 2 is 2.28 bits per heavy atom. The Labute approximate surface area is 121 Å². The Hall–Kier alpha value is -0.580. The average molecular weight is 335 g/mol. The number of carbonyl (C=O) groups excluding carboxylic acids is 1. The van der Waals surface area contributed by atoms with Gasteiger partial charge in [-0.1, -0.05) is 33.6 Å². The van der Waals surface area contributed by atoms with E-state index in [1.165, 1.54) is 0 Å². The van der Waals surface area contributed by atoms with E-state index in [1.807, 2.05) is 18.2 Å². The Morgan fingerprint density at radius 3 is 2.89 bits per heavy atom. The molecule has 1 aromatic carbocycles. The largest absolute Gasteiger partial charge is 0.466 e. The fourth-order valence-electron chi connectivity index (χ4n) is 1.61. The molecule has 0 amide bonds. The number of esters is 1. The Kier molecular flexibility index (Phi) is 6.68. The number of ether oxygens (including phenoxy) is 1. The van der Waals surface area contributed by atoms with E-state index in [0.717, 1.165) is 10.0 Å². The summed E-state index contributed by atoms with van der Waals surface area (Å²) in [4.78, 5) is 11.2. The summed E-state index contributed by atoms with van der Waals surface area (Å²) in [5.41, 5.74) is 6.98. The van der Waals surface area contributed by atoms with Gasteiger partial charge in [0, 0.05) is 22.0 Å². The van der Waals surface area contributed by atoms with Crippen molar-refractivity contribution < 1.29 is 9.53 Å². The lowest BCUT2D eigenvalue weighted by atomic mass is 10.0. The molecule has 3 nitrogen and oxygen atoms in total. The maximum Gasteiger partial charge on any atom is 0.305 e. The van der Waals surface area contributed by atoms with Gasteiger partial charge in [0.25, 0.3) is 0 Å². The van der Waals surface area contributed by atoms with Gasteiger partial charge in [0.1, 0.15) is 0 Å². The van der Waals surface area contributed by atoms with Crippen LogP contribution in [0.3, 0.4) is 0 Å². The Bertz CT molecular complexity index is 412. The molecule has 0 saturated carbocycles. The van der Waals surface area contributed by atoms with Crippen LogP contribution in [0.25, 0.3) is 0 Å². The zero-order chi connectivity index (χ0) is 13.5. The van der Waals surface area contributed by atoms with Crippen molar-refractivity contribution in [3.63, 3.8) is 0 Å². The van der Waals surface area contributed by atoms with Gasteiger partial charge in [-0.2, -0.15) is 0 Å². The SMILES string of the molecule is CCOC(=O)CCC(N)Cc1ccc(Br)cc1Cl. The van der Waals surface area contributed by atoms with Crippen molar-refractivity contribution in [2.75, 3.05) is 6.61 Å². The van der Waals surface area contributed by atoms with Gasteiger partial charge < -0.3 is 10.5 Å². The molecular weight excluding hydrogens is 318 g/mol. The summed E-state index contributed by atoms with van der Waals surface area (Å²) in [6, 6.07) is 5.62.